The van der Waals surface area contributed by atoms with E-state index in [9.17, 15) is 10.2 Å². The normalized spacial score (nSPS) is 11.8. The molecule has 1 aromatic carbocycles. The fourth-order valence-electron chi connectivity index (χ4n) is 2.29. The summed E-state index contributed by atoms with van der Waals surface area (Å²) in [5.41, 5.74) is 0.250. The lowest BCUT2D eigenvalue weighted by Gasteiger charge is -2.31. The first-order valence-corrected chi connectivity index (χ1v) is 7.04. The maximum Gasteiger partial charge on any atom is 0.0550 e. The molecule has 0 amide bonds. The Balaban J connectivity index is 2.83. The van der Waals surface area contributed by atoms with Crippen molar-refractivity contribution in [3.05, 3.63) is 34.9 Å². The maximum absolute atomic E-state index is 9.69. The second-order valence-corrected chi connectivity index (χ2v) is 5.29. The smallest absolute Gasteiger partial charge is 0.0550 e. The third kappa shape index (κ3) is 3.71. The summed E-state index contributed by atoms with van der Waals surface area (Å²) < 4.78 is 0. The van der Waals surface area contributed by atoms with Crippen LogP contribution >= 0.6 is 11.6 Å². The highest BCUT2D eigenvalue weighted by atomic mass is 35.5. The van der Waals surface area contributed by atoms with E-state index in [1.54, 1.807) is 0 Å². The Morgan fingerprint density at radius 1 is 1.06 bits per heavy atom. The van der Waals surface area contributed by atoms with Gasteiger partial charge in [-0.1, -0.05) is 62.4 Å². The molecule has 0 bridgehead atoms. The standard InChI is InChI=1S/C15H23ClO2/c1-2-3-4-7-10-15(11-17,12-18)13-8-5-6-9-14(13)16/h5-6,8-9,17-18H,2-4,7,10-12H2,1H3. The highest BCUT2D eigenvalue weighted by Gasteiger charge is 2.32. The first-order chi connectivity index (χ1) is 8.70. The van der Waals surface area contributed by atoms with Gasteiger partial charge in [0.25, 0.3) is 0 Å². The van der Waals surface area contributed by atoms with E-state index in [0.717, 1.165) is 24.8 Å². The molecule has 1 aromatic rings. The van der Waals surface area contributed by atoms with Crippen molar-refractivity contribution in [1.82, 2.24) is 0 Å². The number of halogens is 1. The van der Waals surface area contributed by atoms with Crippen molar-refractivity contribution in [2.24, 2.45) is 0 Å². The van der Waals surface area contributed by atoms with Crippen LogP contribution in [0.5, 0.6) is 0 Å². The van der Waals surface area contributed by atoms with Crippen molar-refractivity contribution in [3.63, 3.8) is 0 Å². The highest BCUT2D eigenvalue weighted by molar-refractivity contribution is 6.31. The van der Waals surface area contributed by atoms with Crippen LogP contribution in [-0.2, 0) is 5.41 Å². The predicted molar refractivity (Wildman–Crippen MR) is 76.1 cm³/mol. The molecule has 0 radical (unpaired) electrons. The minimum atomic E-state index is -0.605. The van der Waals surface area contributed by atoms with Gasteiger partial charge < -0.3 is 10.2 Å². The summed E-state index contributed by atoms with van der Waals surface area (Å²) in [7, 11) is 0. The van der Waals surface area contributed by atoms with Gasteiger partial charge in [-0.25, -0.2) is 0 Å². The maximum atomic E-state index is 9.69. The lowest BCUT2D eigenvalue weighted by Crippen LogP contribution is -2.35. The largest absolute Gasteiger partial charge is 0.395 e. The zero-order valence-corrected chi connectivity index (χ0v) is 11.8. The molecule has 0 heterocycles. The number of unbranched alkanes of at least 4 members (excludes halogenated alkanes) is 3. The fraction of sp³-hybridized carbons (Fsp3) is 0.600. The van der Waals surface area contributed by atoms with E-state index < -0.39 is 5.41 Å². The molecule has 0 aliphatic carbocycles. The Morgan fingerprint density at radius 2 is 1.72 bits per heavy atom. The third-order valence-corrected chi connectivity index (χ3v) is 3.89. The van der Waals surface area contributed by atoms with Gasteiger partial charge in [0.2, 0.25) is 0 Å². The van der Waals surface area contributed by atoms with Crippen LogP contribution in [-0.4, -0.2) is 23.4 Å². The van der Waals surface area contributed by atoms with Gasteiger partial charge >= 0.3 is 0 Å². The van der Waals surface area contributed by atoms with E-state index in [4.69, 9.17) is 11.6 Å². The van der Waals surface area contributed by atoms with Crippen molar-refractivity contribution in [1.29, 1.82) is 0 Å². The molecule has 0 saturated carbocycles. The van der Waals surface area contributed by atoms with Gasteiger partial charge in [0.1, 0.15) is 0 Å². The SMILES string of the molecule is CCCCCCC(CO)(CO)c1ccccc1Cl. The van der Waals surface area contributed by atoms with E-state index in [1.165, 1.54) is 12.8 Å². The van der Waals surface area contributed by atoms with Gasteiger partial charge in [-0.2, -0.15) is 0 Å². The molecule has 3 heteroatoms. The van der Waals surface area contributed by atoms with Crippen molar-refractivity contribution >= 4 is 11.6 Å². The van der Waals surface area contributed by atoms with Gasteiger partial charge in [0.15, 0.2) is 0 Å². The van der Waals surface area contributed by atoms with Crippen LogP contribution in [0.2, 0.25) is 5.02 Å². The van der Waals surface area contributed by atoms with Gasteiger partial charge in [-0.05, 0) is 18.1 Å². The lowest BCUT2D eigenvalue weighted by atomic mass is 9.77. The van der Waals surface area contributed by atoms with Crippen LogP contribution < -0.4 is 0 Å². The molecule has 0 spiro atoms. The van der Waals surface area contributed by atoms with E-state index in [1.807, 2.05) is 24.3 Å². The molecular weight excluding hydrogens is 248 g/mol. The highest BCUT2D eigenvalue weighted by Crippen LogP contribution is 2.34. The van der Waals surface area contributed by atoms with Crippen LogP contribution in [0.4, 0.5) is 0 Å². The minimum Gasteiger partial charge on any atom is -0.395 e. The molecule has 0 atom stereocenters. The molecule has 0 unspecified atom stereocenters. The number of hydrogen-bond acceptors (Lipinski definition) is 2. The molecular formula is C15H23ClO2. The predicted octanol–water partition coefficient (Wildman–Crippen LogP) is 3.53. The van der Waals surface area contributed by atoms with Crippen molar-refractivity contribution in [2.45, 2.75) is 44.4 Å². The Morgan fingerprint density at radius 3 is 2.28 bits per heavy atom. The zero-order valence-electron chi connectivity index (χ0n) is 11.0. The second-order valence-electron chi connectivity index (χ2n) is 4.89. The van der Waals surface area contributed by atoms with Crippen molar-refractivity contribution in [2.75, 3.05) is 13.2 Å². The number of rotatable bonds is 8. The third-order valence-electron chi connectivity index (χ3n) is 3.56. The molecule has 0 aliphatic heterocycles. The summed E-state index contributed by atoms with van der Waals surface area (Å²) in [6.45, 7) is 2.03. The Hall–Kier alpha value is -0.570. The average molecular weight is 271 g/mol. The second kappa shape index (κ2) is 7.78. The Bertz CT molecular complexity index is 348. The topological polar surface area (TPSA) is 40.5 Å². The van der Waals surface area contributed by atoms with Gasteiger partial charge in [0.05, 0.1) is 13.2 Å². The number of aliphatic hydroxyl groups excluding tert-OH is 2. The van der Waals surface area contributed by atoms with E-state index in [0.29, 0.717) is 5.02 Å². The number of aliphatic hydroxyl groups is 2. The van der Waals surface area contributed by atoms with Crippen LogP contribution in [0, 0.1) is 0 Å². The summed E-state index contributed by atoms with van der Waals surface area (Å²) in [5, 5.41) is 20.0. The van der Waals surface area contributed by atoms with Crippen LogP contribution in [0.1, 0.15) is 44.6 Å². The summed E-state index contributed by atoms with van der Waals surface area (Å²) in [4.78, 5) is 0. The zero-order chi connectivity index (χ0) is 13.4. The molecule has 0 saturated heterocycles. The molecule has 0 aliphatic rings. The van der Waals surface area contributed by atoms with Crippen molar-refractivity contribution < 1.29 is 10.2 Å². The first kappa shape index (κ1) is 15.5. The summed E-state index contributed by atoms with van der Waals surface area (Å²) >= 11 is 6.18. The molecule has 2 N–H and O–H groups in total. The molecule has 1 rings (SSSR count). The average Bonchev–Trinajstić information content (AvgIpc) is 2.41. The van der Waals surface area contributed by atoms with Crippen LogP contribution in [0.3, 0.4) is 0 Å². The van der Waals surface area contributed by atoms with Crippen molar-refractivity contribution in [3.8, 4) is 0 Å². The Labute approximate surface area is 115 Å². The summed E-state index contributed by atoms with van der Waals surface area (Å²) in [6, 6.07) is 7.47. The fourth-order valence-corrected chi connectivity index (χ4v) is 2.63. The summed E-state index contributed by atoms with van der Waals surface area (Å²) in [6.07, 6.45) is 5.26. The van der Waals surface area contributed by atoms with E-state index in [-0.39, 0.29) is 13.2 Å². The lowest BCUT2D eigenvalue weighted by molar-refractivity contribution is 0.107. The Kier molecular flexibility index (Phi) is 6.69. The quantitative estimate of drug-likeness (QED) is 0.710. The summed E-state index contributed by atoms with van der Waals surface area (Å²) in [5.74, 6) is 0. The van der Waals surface area contributed by atoms with Crippen LogP contribution in [0.15, 0.2) is 24.3 Å². The number of benzene rings is 1. The van der Waals surface area contributed by atoms with E-state index in [2.05, 4.69) is 6.92 Å². The molecule has 2 nitrogen and oxygen atoms in total. The van der Waals surface area contributed by atoms with Gasteiger partial charge in [-0.15, -0.1) is 0 Å². The monoisotopic (exact) mass is 270 g/mol. The van der Waals surface area contributed by atoms with Crippen LogP contribution in [0.25, 0.3) is 0 Å². The van der Waals surface area contributed by atoms with E-state index >= 15 is 0 Å². The number of hydrogen-bond donors (Lipinski definition) is 2. The van der Waals surface area contributed by atoms with Gasteiger partial charge in [0, 0.05) is 10.4 Å². The first-order valence-electron chi connectivity index (χ1n) is 6.67. The molecule has 0 fully saturated rings. The van der Waals surface area contributed by atoms with Gasteiger partial charge in [-0.3, -0.25) is 0 Å². The minimum absolute atomic E-state index is 0.0701. The molecule has 18 heavy (non-hydrogen) atoms. The molecule has 102 valence electrons. The molecule has 0 aromatic heterocycles.